The molecule has 1 aromatic heterocycles. The van der Waals surface area contributed by atoms with Crippen molar-refractivity contribution < 1.29 is 14.6 Å². The van der Waals surface area contributed by atoms with E-state index in [9.17, 15) is 4.79 Å². The van der Waals surface area contributed by atoms with Crippen LogP contribution in [0.3, 0.4) is 0 Å². The Morgan fingerprint density at radius 3 is 2.76 bits per heavy atom. The highest BCUT2D eigenvalue weighted by Gasteiger charge is 2.46. The first-order valence-corrected chi connectivity index (χ1v) is 7.48. The van der Waals surface area contributed by atoms with E-state index in [0.29, 0.717) is 19.0 Å². The molecule has 0 aliphatic carbocycles. The minimum Gasteiger partial charge on any atom is -0.465 e. The zero-order valence-electron chi connectivity index (χ0n) is 11.9. The minimum atomic E-state index is -0.835. The highest BCUT2D eigenvalue weighted by molar-refractivity contribution is 5.66. The van der Waals surface area contributed by atoms with Crippen LogP contribution in [0.4, 0.5) is 10.6 Å². The number of nitrogens with zero attached hydrogens (tertiary/aromatic N) is 3. The Balaban J connectivity index is 1.36. The van der Waals surface area contributed by atoms with Gasteiger partial charge in [-0.25, -0.2) is 9.78 Å². The van der Waals surface area contributed by atoms with Crippen LogP contribution in [0, 0.1) is 0 Å². The number of carbonyl (C=O) groups is 1. The second kappa shape index (κ2) is 4.59. The van der Waals surface area contributed by atoms with Crippen molar-refractivity contribution in [2.24, 2.45) is 0 Å². The normalized spacial score (nSPS) is 24.0. The van der Waals surface area contributed by atoms with Gasteiger partial charge in [0.25, 0.3) is 0 Å². The predicted octanol–water partition coefficient (Wildman–Crippen LogP) is 1.53. The Morgan fingerprint density at radius 1 is 1.38 bits per heavy atom. The summed E-state index contributed by atoms with van der Waals surface area (Å²) >= 11 is 0. The van der Waals surface area contributed by atoms with Crippen molar-refractivity contribution in [1.82, 2.24) is 9.88 Å². The lowest BCUT2D eigenvalue weighted by atomic mass is 9.90. The third-order valence-corrected chi connectivity index (χ3v) is 4.86. The van der Waals surface area contributed by atoms with Gasteiger partial charge < -0.3 is 19.6 Å². The lowest BCUT2D eigenvalue weighted by Gasteiger charge is -2.47. The van der Waals surface area contributed by atoms with Crippen molar-refractivity contribution in [2.45, 2.75) is 24.4 Å². The Bertz CT molecular complexity index is 540. The lowest BCUT2D eigenvalue weighted by molar-refractivity contribution is -0.0184. The van der Waals surface area contributed by atoms with Gasteiger partial charge in [0, 0.05) is 31.8 Å². The molecule has 21 heavy (non-hydrogen) atoms. The van der Waals surface area contributed by atoms with E-state index in [1.165, 1.54) is 11.3 Å². The van der Waals surface area contributed by atoms with Gasteiger partial charge in [0.1, 0.15) is 11.4 Å². The van der Waals surface area contributed by atoms with E-state index in [1.807, 2.05) is 12.3 Å². The Morgan fingerprint density at radius 2 is 2.19 bits per heavy atom. The monoisotopic (exact) mass is 289 g/mol. The molecule has 1 aromatic rings. The molecule has 1 spiro atoms. The van der Waals surface area contributed by atoms with E-state index >= 15 is 0 Å². The SMILES string of the molecule is O=C(O)N1CC(c2ccc(N3CC4(CCCO4)C3)nc2)C1. The summed E-state index contributed by atoms with van der Waals surface area (Å²) in [4.78, 5) is 19.0. The summed E-state index contributed by atoms with van der Waals surface area (Å²) in [7, 11) is 0. The fraction of sp³-hybridized carbons (Fsp3) is 0.600. The number of carboxylic acid groups (broad SMARTS) is 1. The smallest absolute Gasteiger partial charge is 0.407 e. The molecule has 3 fully saturated rings. The fourth-order valence-electron chi connectivity index (χ4n) is 3.49. The predicted molar refractivity (Wildman–Crippen MR) is 76.7 cm³/mol. The number of hydrogen-bond acceptors (Lipinski definition) is 4. The topological polar surface area (TPSA) is 65.9 Å². The van der Waals surface area contributed by atoms with Crippen LogP contribution in [0.5, 0.6) is 0 Å². The first-order valence-electron chi connectivity index (χ1n) is 7.48. The summed E-state index contributed by atoms with van der Waals surface area (Å²) in [5, 5.41) is 8.85. The molecular formula is C15H19N3O3. The molecule has 1 N–H and O–H groups in total. The van der Waals surface area contributed by atoms with Crippen LogP contribution in [0.1, 0.15) is 24.3 Å². The lowest BCUT2D eigenvalue weighted by Crippen LogP contribution is -2.61. The van der Waals surface area contributed by atoms with E-state index in [-0.39, 0.29) is 5.60 Å². The van der Waals surface area contributed by atoms with Crippen LogP contribution >= 0.6 is 0 Å². The first-order chi connectivity index (χ1) is 10.2. The summed E-state index contributed by atoms with van der Waals surface area (Å²) in [6.07, 6.45) is 3.38. The van der Waals surface area contributed by atoms with Gasteiger partial charge in [-0.3, -0.25) is 0 Å². The second-order valence-electron chi connectivity index (χ2n) is 6.33. The van der Waals surface area contributed by atoms with Crippen molar-refractivity contribution in [2.75, 3.05) is 37.7 Å². The molecule has 3 aliphatic rings. The van der Waals surface area contributed by atoms with Crippen LogP contribution < -0.4 is 4.90 Å². The molecule has 4 rings (SSSR count). The van der Waals surface area contributed by atoms with E-state index in [2.05, 4.69) is 16.0 Å². The van der Waals surface area contributed by atoms with Crippen molar-refractivity contribution >= 4 is 11.9 Å². The van der Waals surface area contributed by atoms with Crippen molar-refractivity contribution in [3.63, 3.8) is 0 Å². The summed E-state index contributed by atoms with van der Waals surface area (Å²) in [6, 6.07) is 4.12. The fourth-order valence-corrected chi connectivity index (χ4v) is 3.49. The number of likely N-dealkylation sites (tertiary alicyclic amines) is 1. The van der Waals surface area contributed by atoms with Crippen LogP contribution in [0.2, 0.25) is 0 Å². The van der Waals surface area contributed by atoms with E-state index in [1.54, 1.807) is 0 Å². The number of rotatable bonds is 2. The average molecular weight is 289 g/mol. The van der Waals surface area contributed by atoms with Crippen molar-refractivity contribution in [1.29, 1.82) is 0 Å². The van der Waals surface area contributed by atoms with Crippen LogP contribution in [-0.2, 0) is 4.74 Å². The summed E-state index contributed by atoms with van der Waals surface area (Å²) in [5.74, 6) is 1.29. The maximum atomic E-state index is 10.8. The molecule has 0 radical (unpaired) electrons. The number of aromatic nitrogens is 1. The van der Waals surface area contributed by atoms with E-state index in [0.717, 1.165) is 37.5 Å². The number of hydrogen-bond donors (Lipinski definition) is 1. The molecular weight excluding hydrogens is 270 g/mol. The van der Waals surface area contributed by atoms with Gasteiger partial charge >= 0.3 is 6.09 Å². The summed E-state index contributed by atoms with van der Waals surface area (Å²) in [6.45, 7) is 3.93. The number of ether oxygens (including phenoxy) is 1. The zero-order valence-corrected chi connectivity index (χ0v) is 11.9. The molecule has 3 aliphatic heterocycles. The maximum absolute atomic E-state index is 10.8. The average Bonchev–Trinajstić information content (AvgIpc) is 2.85. The maximum Gasteiger partial charge on any atom is 0.407 e. The van der Waals surface area contributed by atoms with Gasteiger partial charge in [-0.05, 0) is 24.5 Å². The van der Waals surface area contributed by atoms with E-state index in [4.69, 9.17) is 9.84 Å². The van der Waals surface area contributed by atoms with Gasteiger partial charge in [-0.15, -0.1) is 0 Å². The van der Waals surface area contributed by atoms with Gasteiger partial charge in [0.2, 0.25) is 0 Å². The number of anilines is 1. The molecule has 0 aromatic carbocycles. The third kappa shape index (κ3) is 2.14. The molecule has 6 nitrogen and oxygen atoms in total. The molecule has 112 valence electrons. The molecule has 0 bridgehead atoms. The highest BCUT2D eigenvalue weighted by Crippen LogP contribution is 2.37. The molecule has 1 amide bonds. The van der Waals surface area contributed by atoms with Crippen LogP contribution in [0.15, 0.2) is 18.3 Å². The zero-order chi connectivity index (χ0) is 14.4. The Kier molecular flexibility index (Phi) is 2.82. The molecule has 6 heteroatoms. The largest absolute Gasteiger partial charge is 0.465 e. The Hall–Kier alpha value is -1.82. The second-order valence-corrected chi connectivity index (χ2v) is 6.33. The van der Waals surface area contributed by atoms with Crippen molar-refractivity contribution in [3.8, 4) is 0 Å². The quantitative estimate of drug-likeness (QED) is 0.894. The minimum absolute atomic E-state index is 0.0936. The highest BCUT2D eigenvalue weighted by atomic mass is 16.5. The van der Waals surface area contributed by atoms with Crippen LogP contribution in [-0.4, -0.2) is 59.5 Å². The van der Waals surface area contributed by atoms with E-state index < -0.39 is 6.09 Å². The number of pyridine rings is 1. The van der Waals surface area contributed by atoms with Gasteiger partial charge in [-0.2, -0.15) is 0 Å². The van der Waals surface area contributed by atoms with Gasteiger partial charge in [0.05, 0.1) is 13.1 Å². The molecule has 4 heterocycles. The summed E-state index contributed by atoms with van der Waals surface area (Å²) < 4.78 is 5.82. The Labute approximate surface area is 123 Å². The van der Waals surface area contributed by atoms with Crippen molar-refractivity contribution in [3.05, 3.63) is 23.9 Å². The molecule has 0 saturated carbocycles. The van der Waals surface area contributed by atoms with Gasteiger partial charge in [-0.1, -0.05) is 6.07 Å². The molecule has 3 saturated heterocycles. The third-order valence-electron chi connectivity index (χ3n) is 4.86. The van der Waals surface area contributed by atoms with Crippen LogP contribution in [0.25, 0.3) is 0 Å². The number of amides is 1. The molecule has 0 unspecified atom stereocenters. The summed E-state index contributed by atoms with van der Waals surface area (Å²) in [5.41, 5.74) is 1.22. The first kappa shape index (κ1) is 12.9. The van der Waals surface area contributed by atoms with Gasteiger partial charge in [0.15, 0.2) is 0 Å². The standard InChI is InChI=1S/C15H19N3O3/c19-14(20)17-7-12(8-17)11-2-3-13(16-6-11)18-9-15(10-18)4-1-5-21-15/h2-3,6,12H,1,4-5,7-10H2,(H,19,20). The molecule has 0 atom stereocenters.